The van der Waals surface area contributed by atoms with Crippen molar-refractivity contribution in [2.45, 2.75) is 79.5 Å². The molecule has 0 aliphatic rings. The standard InChI is InChI=1S/C29H38N2O/c1-7-22-16-13-17-23(8-2)29(22)27-18-28(32-20(4)5)25(21(6)31-27)19-30-26(9-3)24-14-11-10-12-15-24/h10-18,20,26,30H,7-9,19H2,1-6H3. The van der Waals surface area contributed by atoms with E-state index in [9.17, 15) is 0 Å². The Morgan fingerprint density at radius 2 is 1.56 bits per heavy atom. The molecule has 0 aliphatic carbocycles. The summed E-state index contributed by atoms with van der Waals surface area (Å²) in [4.78, 5) is 5.09. The number of nitrogens with one attached hydrogen (secondary N) is 1. The molecule has 2 aromatic carbocycles. The van der Waals surface area contributed by atoms with Crippen molar-refractivity contribution in [3.05, 3.63) is 82.5 Å². The van der Waals surface area contributed by atoms with Crippen LogP contribution in [0.5, 0.6) is 5.75 Å². The minimum atomic E-state index is 0.103. The minimum absolute atomic E-state index is 0.103. The maximum atomic E-state index is 6.33. The average molecular weight is 431 g/mol. The van der Waals surface area contributed by atoms with Crippen molar-refractivity contribution in [2.24, 2.45) is 0 Å². The summed E-state index contributed by atoms with van der Waals surface area (Å²) in [5, 5.41) is 3.74. The molecule has 0 saturated heterocycles. The predicted molar refractivity (Wildman–Crippen MR) is 135 cm³/mol. The molecule has 1 atom stereocenters. The first-order valence-electron chi connectivity index (χ1n) is 12.0. The quantitative estimate of drug-likeness (QED) is 0.369. The predicted octanol–water partition coefficient (Wildman–Crippen LogP) is 7.21. The number of aryl methyl sites for hydroxylation is 3. The molecule has 3 aromatic rings. The number of benzene rings is 2. The Balaban J connectivity index is 2.00. The number of rotatable bonds is 10. The Hall–Kier alpha value is -2.65. The first-order chi connectivity index (χ1) is 15.5. The van der Waals surface area contributed by atoms with Crippen molar-refractivity contribution >= 4 is 0 Å². The topological polar surface area (TPSA) is 34.1 Å². The Morgan fingerprint density at radius 1 is 0.906 bits per heavy atom. The van der Waals surface area contributed by atoms with Crippen LogP contribution in [-0.4, -0.2) is 11.1 Å². The molecule has 0 amide bonds. The van der Waals surface area contributed by atoms with Gasteiger partial charge >= 0.3 is 0 Å². The summed E-state index contributed by atoms with van der Waals surface area (Å²) in [6.07, 6.45) is 3.11. The summed E-state index contributed by atoms with van der Waals surface area (Å²) < 4.78 is 6.33. The average Bonchev–Trinajstić information content (AvgIpc) is 2.80. The zero-order chi connectivity index (χ0) is 23.1. The third-order valence-electron chi connectivity index (χ3n) is 6.04. The van der Waals surface area contributed by atoms with E-state index >= 15 is 0 Å². The van der Waals surface area contributed by atoms with Crippen molar-refractivity contribution in [1.82, 2.24) is 10.3 Å². The molecule has 1 aromatic heterocycles. The number of hydrogen-bond acceptors (Lipinski definition) is 3. The van der Waals surface area contributed by atoms with Gasteiger partial charge in [-0.15, -0.1) is 0 Å². The van der Waals surface area contributed by atoms with Crippen LogP contribution in [0.4, 0.5) is 0 Å². The van der Waals surface area contributed by atoms with Crippen molar-refractivity contribution in [3.63, 3.8) is 0 Å². The summed E-state index contributed by atoms with van der Waals surface area (Å²) in [5.41, 5.74) is 8.45. The van der Waals surface area contributed by atoms with Gasteiger partial charge in [-0.25, -0.2) is 0 Å². The Kier molecular flexibility index (Phi) is 8.46. The lowest BCUT2D eigenvalue weighted by Gasteiger charge is -2.22. The lowest BCUT2D eigenvalue weighted by Crippen LogP contribution is -2.22. The van der Waals surface area contributed by atoms with E-state index in [1.165, 1.54) is 22.3 Å². The lowest BCUT2D eigenvalue weighted by atomic mass is 9.94. The van der Waals surface area contributed by atoms with Crippen LogP contribution in [-0.2, 0) is 19.4 Å². The smallest absolute Gasteiger partial charge is 0.128 e. The van der Waals surface area contributed by atoms with Gasteiger partial charge < -0.3 is 10.1 Å². The summed E-state index contributed by atoms with van der Waals surface area (Å²) in [5.74, 6) is 0.936. The van der Waals surface area contributed by atoms with Crippen LogP contribution in [0.25, 0.3) is 11.3 Å². The van der Waals surface area contributed by atoms with Crippen molar-refractivity contribution in [3.8, 4) is 17.0 Å². The molecule has 1 unspecified atom stereocenters. The monoisotopic (exact) mass is 430 g/mol. The maximum Gasteiger partial charge on any atom is 0.128 e. The van der Waals surface area contributed by atoms with Gasteiger partial charge in [0.1, 0.15) is 5.75 Å². The molecule has 1 heterocycles. The molecule has 3 nitrogen and oxygen atoms in total. The Labute approximate surface area is 194 Å². The van der Waals surface area contributed by atoms with Gasteiger partial charge in [0.25, 0.3) is 0 Å². The number of ether oxygens (including phenoxy) is 1. The molecule has 0 radical (unpaired) electrons. The molecular weight excluding hydrogens is 392 g/mol. The summed E-state index contributed by atoms with van der Waals surface area (Å²) in [6.45, 7) is 13.7. The Bertz CT molecular complexity index is 989. The molecular formula is C29H38N2O. The van der Waals surface area contributed by atoms with E-state index < -0.39 is 0 Å². The zero-order valence-corrected chi connectivity index (χ0v) is 20.5. The van der Waals surface area contributed by atoms with Crippen LogP contribution in [0.2, 0.25) is 0 Å². The number of aromatic nitrogens is 1. The third-order valence-corrected chi connectivity index (χ3v) is 6.04. The van der Waals surface area contributed by atoms with Gasteiger partial charge in [-0.2, -0.15) is 0 Å². The molecule has 32 heavy (non-hydrogen) atoms. The van der Waals surface area contributed by atoms with E-state index in [0.717, 1.165) is 48.5 Å². The fraction of sp³-hybridized carbons (Fsp3) is 0.414. The van der Waals surface area contributed by atoms with Gasteiger partial charge in [0.2, 0.25) is 0 Å². The summed E-state index contributed by atoms with van der Waals surface area (Å²) in [7, 11) is 0. The van der Waals surface area contributed by atoms with Crippen LogP contribution >= 0.6 is 0 Å². The van der Waals surface area contributed by atoms with E-state index in [0.29, 0.717) is 6.04 Å². The highest BCUT2D eigenvalue weighted by molar-refractivity contribution is 5.70. The molecule has 3 heteroatoms. The number of hydrogen-bond donors (Lipinski definition) is 1. The van der Waals surface area contributed by atoms with Crippen LogP contribution < -0.4 is 10.1 Å². The van der Waals surface area contributed by atoms with Crippen LogP contribution in [0.15, 0.2) is 54.6 Å². The molecule has 1 N–H and O–H groups in total. The fourth-order valence-electron chi connectivity index (χ4n) is 4.35. The van der Waals surface area contributed by atoms with Gasteiger partial charge in [0.15, 0.2) is 0 Å². The van der Waals surface area contributed by atoms with Gasteiger partial charge in [-0.05, 0) is 56.7 Å². The first kappa shape index (κ1) is 24.0. The molecule has 0 bridgehead atoms. The van der Waals surface area contributed by atoms with Gasteiger partial charge in [0, 0.05) is 35.5 Å². The second kappa shape index (κ2) is 11.3. The number of pyridine rings is 1. The molecule has 3 rings (SSSR count). The minimum Gasteiger partial charge on any atom is -0.491 e. The van der Waals surface area contributed by atoms with Crippen molar-refractivity contribution in [2.75, 3.05) is 0 Å². The second-order valence-electron chi connectivity index (χ2n) is 8.65. The SMILES string of the molecule is CCc1cccc(CC)c1-c1cc(OC(C)C)c(CNC(CC)c2ccccc2)c(C)n1. The maximum absolute atomic E-state index is 6.33. The first-order valence-corrected chi connectivity index (χ1v) is 12.0. The van der Waals surface area contributed by atoms with Crippen LogP contribution in [0.1, 0.15) is 75.0 Å². The molecule has 0 saturated carbocycles. The molecule has 0 aliphatic heterocycles. The summed E-state index contributed by atoms with van der Waals surface area (Å²) >= 11 is 0. The third kappa shape index (κ3) is 5.58. The van der Waals surface area contributed by atoms with Gasteiger partial charge in [-0.1, -0.05) is 69.3 Å². The largest absolute Gasteiger partial charge is 0.491 e. The fourth-order valence-corrected chi connectivity index (χ4v) is 4.35. The highest BCUT2D eigenvalue weighted by Crippen LogP contribution is 2.33. The second-order valence-corrected chi connectivity index (χ2v) is 8.65. The zero-order valence-electron chi connectivity index (χ0n) is 20.5. The van der Waals surface area contributed by atoms with Crippen molar-refractivity contribution in [1.29, 1.82) is 0 Å². The van der Waals surface area contributed by atoms with Gasteiger partial charge in [0.05, 0.1) is 11.8 Å². The molecule has 0 fully saturated rings. The highest BCUT2D eigenvalue weighted by atomic mass is 16.5. The van der Waals surface area contributed by atoms with Crippen molar-refractivity contribution < 1.29 is 4.74 Å². The van der Waals surface area contributed by atoms with E-state index in [1.54, 1.807) is 0 Å². The number of nitrogens with zero attached hydrogens (tertiary/aromatic N) is 1. The molecule has 170 valence electrons. The van der Waals surface area contributed by atoms with E-state index in [2.05, 4.69) is 101 Å². The summed E-state index contributed by atoms with van der Waals surface area (Å²) in [6, 6.07) is 19.7. The highest BCUT2D eigenvalue weighted by Gasteiger charge is 2.18. The van der Waals surface area contributed by atoms with Crippen LogP contribution in [0, 0.1) is 6.92 Å². The van der Waals surface area contributed by atoms with E-state index in [4.69, 9.17) is 9.72 Å². The van der Waals surface area contributed by atoms with E-state index in [-0.39, 0.29) is 6.10 Å². The Morgan fingerprint density at radius 3 is 2.12 bits per heavy atom. The van der Waals surface area contributed by atoms with E-state index in [1.807, 2.05) is 0 Å². The van der Waals surface area contributed by atoms with Gasteiger partial charge in [-0.3, -0.25) is 4.98 Å². The van der Waals surface area contributed by atoms with Crippen LogP contribution in [0.3, 0.4) is 0 Å². The lowest BCUT2D eigenvalue weighted by molar-refractivity contribution is 0.238. The molecule has 0 spiro atoms. The normalized spacial score (nSPS) is 12.2.